The van der Waals surface area contributed by atoms with Crippen molar-refractivity contribution < 1.29 is 9.84 Å². The maximum atomic E-state index is 9.61. The Morgan fingerprint density at radius 2 is 2.30 bits per heavy atom. The summed E-state index contributed by atoms with van der Waals surface area (Å²) in [7, 11) is 0. The van der Waals surface area contributed by atoms with Gasteiger partial charge in [0.15, 0.2) is 0 Å². The van der Waals surface area contributed by atoms with E-state index in [2.05, 4.69) is 30.0 Å². The standard InChI is InChI=1S/C17H25NO2/c1-12-5-6-17-14(8-12)10-16(20-17)11-18-7-3-4-15(18)9-13(2)19/h5-6,8,13,15-16,19H,3-4,7,9-11H2,1-2H3. The van der Waals surface area contributed by atoms with Crippen molar-refractivity contribution in [1.29, 1.82) is 0 Å². The van der Waals surface area contributed by atoms with Crippen LogP contribution in [-0.4, -0.2) is 41.3 Å². The van der Waals surface area contributed by atoms with Crippen molar-refractivity contribution >= 4 is 0 Å². The summed E-state index contributed by atoms with van der Waals surface area (Å²) >= 11 is 0. The van der Waals surface area contributed by atoms with E-state index < -0.39 is 0 Å². The normalized spacial score (nSPS) is 27.4. The van der Waals surface area contributed by atoms with Gasteiger partial charge in [0.1, 0.15) is 11.9 Å². The first-order valence-electron chi connectivity index (χ1n) is 7.80. The molecule has 0 spiro atoms. The smallest absolute Gasteiger partial charge is 0.123 e. The second-order valence-corrected chi connectivity index (χ2v) is 6.43. The highest BCUT2D eigenvalue weighted by Gasteiger charge is 2.31. The summed E-state index contributed by atoms with van der Waals surface area (Å²) in [6.45, 7) is 6.16. The Labute approximate surface area is 121 Å². The number of aliphatic hydroxyl groups excluding tert-OH is 1. The number of aliphatic hydroxyl groups is 1. The van der Waals surface area contributed by atoms with Crippen molar-refractivity contribution in [3.8, 4) is 5.75 Å². The van der Waals surface area contributed by atoms with Gasteiger partial charge in [0, 0.05) is 19.0 Å². The Bertz CT molecular complexity index is 472. The Hall–Kier alpha value is -1.06. The molecule has 3 unspecified atom stereocenters. The molecular weight excluding hydrogens is 250 g/mol. The lowest BCUT2D eigenvalue weighted by atomic mass is 10.1. The third-order valence-electron chi connectivity index (χ3n) is 4.51. The second kappa shape index (κ2) is 5.74. The van der Waals surface area contributed by atoms with Crippen molar-refractivity contribution in [2.45, 2.75) is 57.8 Å². The molecule has 0 aliphatic carbocycles. The zero-order chi connectivity index (χ0) is 14.1. The quantitative estimate of drug-likeness (QED) is 0.916. The Morgan fingerprint density at radius 1 is 1.45 bits per heavy atom. The SMILES string of the molecule is Cc1ccc2c(c1)CC(CN1CCCC1CC(C)O)O2. The Morgan fingerprint density at radius 3 is 3.10 bits per heavy atom. The summed E-state index contributed by atoms with van der Waals surface area (Å²) in [6, 6.07) is 6.99. The minimum Gasteiger partial charge on any atom is -0.488 e. The van der Waals surface area contributed by atoms with Crippen LogP contribution in [0.2, 0.25) is 0 Å². The van der Waals surface area contributed by atoms with Crippen LogP contribution >= 0.6 is 0 Å². The molecular formula is C17H25NO2. The first-order valence-corrected chi connectivity index (χ1v) is 7.80. The molecule has 3 rings (SSSR count). The lowest BCUT2D eigenvalue weighted by Crippen LogP contribution is -2.39. The van der Waals surface area contributed by atoms with E-state index in [9.17, 15) is 5.11 Å². The summed E-state index contributed by atoms with van der Waals surface area (Å²) in [4.78, 5) is 2.51. The van der Waals surface area contributed by atoms with Crippen LogP contribution in [0.15, 0.2) is 18.2 Å². The second-order valence-electron chi connectivity index (χ2n) is 6.43. The molecule has 0 saturated carbocycles. The van der Waals surface area contributed by atoms with Gasteiger partial charge in [-0.25, -0.2) is 0 Å². The van der Waals surface area contributed by atoms with Crippen LogP contribution in [-0.2, 0) is 6.42 Å². The van der Waals surface area contributed by atoms with Crippen LogP contribution < -0.4 is 4.74 Å². The predicted octanol–water partition coefficient (Wildman–Crippen LogP) is 2.53. The average Bonchev–Trinajstić information content (AvgIpc) is 2.95. The number of benzene rings is 1. The molecule has 2 heterocycles. The van der Waals surface area contributed by atoms with E-state index in [0.717, 1.165) is 31.7 Å². The van der Waals surface area contributed by atoms with Crippen molar-refractivity contribution in [2.24, 2.45) is 0 Å². The average molecular weight is 275 g/mol. The third kappa shape index (κ3) is 2.99. The van der Waals surface area contributed by atoms with E-state index in [4.69, 9.17) is 4.74 Å². The number of hydrogen-bond donors (Lipinski definition) is 1. The summed E-state index contributed by atoms with van der Waals surface area (Å²) in [5, 5.41) is 9.61. The molecule has 1 aromatic rings. The maximum absolute atomic E-state index is 9.61. The topological polar surface area (TPSA) is 32.7 Å². The minimum atomic E-state index is -0.204. The van der Waals surface area contributed by atoms with Crippen molar-refractivity contribution in [1.82, 2.24) is 4.90 Å². The molecule has 0 radical (unpaired) electrons. The molecule has 1 N–H and O–H groups in total. The van der Waals surface area contributed by atoms with Gasteiger partial charge in [-0.1, -0.05) is 17.7 Å². The van der Waals surface area contributed by atoms with Crippen LogP contribution in [0, 0.1) is 6.92 Å². The molecule has 1 aromatic carbocycles. The molecule has 3 atom stereocenters. The zero-order valence-electron chi connectivity index (χ0n) is 12.5. The van der Waals surface area contributed by atoms with Crippen molar-refractivity contribution in [2.75, 3.05) is 13.1 Å². The minimum absolute atomic E-state index is 0.204. The van der Waals surface area contributed by atoms with Gasteiger partial charge in [0.25, 0.3) is 0 Å². The highest BCUT2D eigenvalue weighted by atomic mass is 16.5. The van der Waals surface area contributed by atoms with E-state index in [0.29, 0.717) is 6.04 Å². The number of rotatable bonds is 4. The first kappa shape index (κ1) is 13.9. The number of nitrogens with zero attached hydrogens (tertiary/aromatic N) is 1. The van der Waals surface area contributed by atoms with Gasteiger partial charge >= 0.3 is 0 Å². The van der Waals surface area contributed by atoms with E-state index in [1.54, 1.807) is 0 Å². The van der Waals surface area contributed by atoms with Crippen LogP contribution in [0.3, 0.4) is 0 Å². The van der Waals surface area contributed by atoms with E-state index in [1.165, 1.54) is 24.0 Å². The van der Waals surface area contributed by atoms with Crippen LogP contribution in [0.5, 0.6) is 5.75 Å². The fourth-order valence-electron chi connectivity index (χ4n) is 3.61. The molecule has 1 saturated heterocycles. The molecule has 0 bridgehead atoms. The van der Waals surface area contributed by atoms with Gasteiger partial charge in [-0.3, -0.25) is 4.90 Å². The molecule has 0 aromatic heterocycles. The van der Waals surface area contributed by atoms with Gasteiger partial charge in [0.05, 0.1) is 6.10 Å². The van der Waals surface area contributed by atoms with Gasteiger partial charge in [-0.05, 0) is 51.3 Å². The number of aryl methyl sites for hydroxylation is 1. The van der Waals surface area contributed by atoms with E-state index in [1.807, 2.05) is 6.92 Å². The van der Waals surface area contributed by atoms with E-state index >= 15 is 0 Å². The zero-order valence-corrected chi connectivity index (χ0v) is 12.5. The largest absolute Gasteiger partial charge is 0.488 e. The summed E-state index contributed by atoms with van der Waals surface area (Å²) < 4.78 is 6.07. The molecule has 3 nitrogen and oxygen atoms in total. The monoisotopic (exact) mass is 275 g/mol. The fourth-order valence-corrected chi connectivity index (χ4v) is 3.61. The maximum Gasteiger partial charge on any atom is 0.123 e. The highest BCUT2D eigenvalue weighted by Crippen LogP contribution is 2.31. The molecule has 3 heteroatoms. The molecule has 1 fully saturated rings. The van der Waals surface area contributed by atoms with Gasteiger partial charge in [0.2, 0.25) is 0 Å². The predicted molar refractivity (Wildman–Crippen MR) is 80.2 cm³/mol. The molecule has 2 aliphatic rings. The Kier molecular flexibility index (Phi) is 3.99. The Balaban J connectivity index is 1.60. The number of hydrogen-bond acceptors (Lipinski definition) is 3. The van der Waals surface area contributed by atoms with E-state index in [-0.39, 0.29) is 12.2 Å². The highest BCUT2D eigenvalue weighted by molar-refractivity contribution is 5.40. The van der Waals surface area contributed by atoms with Gasteiger partial charge < -0.3 is 9.84 Å². The molecule has 2 aliphatic heterocycles. The fraction of sp³-hybridized carbons (Fsp3) is 0.647. The van der Waals surface area contributed by atoms with Crippen LogP contribution in [0.1, 0.15) is 37.3 Å². The lowest BCUT2D eigenvalue weighted by molar-refractivity contribution is 0.103. The molecule has 0 amide bonds. The van der Waals surface area contributed by atoms with Gasteiger partial charge in [-0.2, -0.15) is 0 Å². The third-order valence-corrected chi connectivity index (χ3v) is 4.51. The summed E-state index contributed by atoms with van der Waals surface area (Å²) in [6.07, 6.45) is 4.44. The van der Waals surface area contributed by atoms with Crippen molar-refractivity contribution in [3.05, 3.63) is 29.3 Å². The molecule has 110 valence electrons. The summed E-state index contributed by atoms with van der Waals surface area (Å²) in [5.41, 5.74) is 2.66. The van der Waals surface area contributed by atoms with Crippen LogP contribution in [0.4, 0.5) is 0 Å². The number of likely N-dealkylation sites (tertiary alicyclic amines) is 1. The summed E-state index contributed by atoms with van der Waals surface area (Å²) in [5.74, 6) is 1.06. The number of ether oxygens (including phenoxy) is 1. The van der Waals surface area contributed by atoms with Crippen molar-refractivity contribution in [3.63, 3.8) is 0 Å². The molecule has 20 heavy (non-hydrogen) atoms. The van der Waals surface area contributed by atoms with Gasteiger partial charge in [-0.15, -0.1) is 0 Å². The lowest BCUT2D eigenvalue weighted by Gasteiger charge is -2.27. The van der Waals surface area contributed by atoms with Crippen LogP contribution in [0.25, 0.3) is 0 Å². The first-order chi connectivity index (χ1) is 9.61. The number of fused-ring (bicyclic) bond motifs is 1.